The molecule has 0 aliphatic rings. The van der Waals surface area contributed by atoms with Crippen LogP contribution >= 0.6 is 11.6 Å². The number of nitrogens with zero attached hydrogens (tertiary/aromatic N) is 2. The van der Waals surface area contributed by atoms with Gasteiger partial charge in [-0.05, 0) is 30.3 Å². The van der Waals surface area contributed by atoms with E-state index in [-0.39, 0.29) is 5.69 Å². The van der Waals surface area contributed by atoms with Gasteiger partial charge in [0.2, 0.25) is 0 Å². The number of halogens is 1. The van der Waals surface area contributed by atoms with Crippen molar-refractivity contribution in [3.05, 3.63) is 69.7 Å². The van der Waals surface area contributed by atoms with Gasteiger partial charge < -0.3 is 4.42 Å². The van der Waals surface area contributed by atoms with E-state index in [0.29, 0.717) is 27.4 Å². The Morgan fingerprint density at radius 1 is 1.00 bits per heavy atom. The van der Waals surface area contributed by atoms with Gasteiger partial charge in [0.05, 0.1) is 10.4 Å². The van der Waals surface area contributed by atoms with Crippen LogP contribution in [0.1, 0.15) is 0 Å². The van der Waals surface area contributed by atoms with Crippen molar-refractivity contribution in [2.24, 2.45) is 0 Å². The summed E-state index contributed by atoms with van der Waals surface area (Å²) < 4.78 is 5.75. The molecule has 0 saturated heterocycles. The highest BCUT2D eigenvalue weighted by Gasteiger charge is 2.12. The van der Waals surface area contributed by atoms with Crippen molar-refractivity contribution in [1.29, 1.82) is 0 Å². The number of aromatic nitrogens is 1. The smallest absolute Gasteiger partial charge is 0.270 e. The minimum Gasteiger partial charge on any atom is -0.454 e. The van der Waals surface area contributed by atoms with Crippen LogP contribution < -0.4 is 0 Å². The summed E-state index contributed by atoms with van der Waals surface area (Å²) in [7, 11) is 0. The van der Waals surface area contributed by atoms with Crippen LogP contribution in [0.5, 0.6) is 0 Å². The molecular formula is C17H9ClN2O3. The van der Waals surface area contributed by atoms with Gasteiger partial charge in [0.1, 0.15) is 11.3 Å². The molecule has 112 valence electrons. The largest absolute Gasteiger partial charge is 0.454 e. The van der Waals surface area contributed by atoms with Gasteiger partial charge in [0.25, 0.3) is 5.69 Å². The Bertz CT molecular complexity index is 1070. The first-order valence-corrected chi connectivity index (χ1v) is 7.23. The van der Waals surface area contributed by atoms with Gasteiger partial charge in [-0.25, -0.2) is 4.98 Å². The van der Waals surface area contributed by atoms with Crippen molar-refractivity contribution < 1.29 is 9.34 Å². The predicted molar refractivity (Wildman–Crippen MR) is 88.6 cm³/mol. The second-order valence-corrected chi connectivity index (χ2v) is 5.56. The normalized spacial score (nSPS) is 11.2. The zero-order valence-corrected chi connectivity index (χ0v) is 12.4. The Morgan fingerprint density at radius 2 is 1.83 bits per heavy atom. The molecule has 0 unspecified atom stereocenters. The van der Waals surface area contributed by atoms with Gasteiger partial charge >= 0.3 is 0 Å². The molecule has 4 aromatic rings. The van der Waals surface area contributed by atoms with Gasteiger partial charge in [-0.1, -0.05) is 23.7 Å². The number of fused-ring (bicyclic) bond motifs is 2. The summed E-state index contributed by atoms with van der Waals surface area (Å²) in [4.78, 5) is 15.0. The second kappa shape index (κ2) is 5.07. The maximum atomic E-state index is 10.8. The molecule has 0 aliphatic heterocycles. The average Bonchev–Trinajstić information content (AvgIpc) is 2.97. The van der Waals surface area contributed by atoms with Crippen LogP contribution in [0.2, 0.25) is 5.02 Å². The Labute approximate surface area is 135 Å². The van der Waals surface area contributed by atoms with E-state index in [1.54, 1.807) is 18.2 Å². The highest BCUT2D eigenvalue weighted by molar-refractivity contribution is 6.31. The molecular weight excluding hydrogens is 316 g/mol. The third-order valence-corrected chi connectivity index (χ3v) is 3.85. The number of hydrogen-bond acceptors (Lipinski definition) is 4. The molecule has 2 aromatic carbocycles. The Hall–Kier alpha value is -2.92. The molecule has 0 aliphatic carbocycles. The Kier molecular flexibility index (Phi) is 3.02. The van der Waals surface area contributed by atoms with Crippen molar-refractivity contribution in [2.45, 2.75) is 0 Å². The number of rotatable bonds is 2. The molecule has 2 heterocycles. The number of hydrogen-bond donors (Lipinski definition) is 0. The van der Waals surface area contributed by atoms with Crippen LogP contribution in [0.4, 0.5) is 5.69 Å². The molecule has 0 radical (unpaired) electrons. The van der Waals surface area contributed by atoms with Gasteiger partial charge in [-0.3, -0.25) is 10.1 Å². The van der Waals surface area contributed by atoms with E-state index >= 15 is 0 Å². The summed E-state index contributed by atoms with van der Waals surface area (Å²) in [5.74, 6) is 0.558. The fourth-order valence-electron chi connectivity index (χ4n) is 2.50. The summed E-state index contributed by atoms with van der Waals surface area (Å²) in [5.41, 5.74) is 2.03. The number of furan rings is 1. The maximum Gasteiger partial charge on any atom is 0.270 e. The van der Waals surface area contributed by atoms with Crippen LogP contribution in [0.15, 0.2) is 59.0 Å². The topological polar surface area (TPSA) is 69.2 Å². The van der Waals surface area contributed by atoms with E-state index in [2.05, 4.69) is 4.98 Å². The van der Waals surface area contributed by atoms with Crippen molar-refractivity contribution >= 4 is 39.2 Å². The minimum atomic E-state index is -0.428. The molecule has 0 N–H and O–H groups in total. The number of nitro groups is 1. The molecule has 0 spiro atoms. The van der Waals surface area contributed by atoms with E-state index in [9.17, 15) is 10.1 Å². The van der Waals surface area contributed by atoms with Crippen LogP contribution in [0, 0.1) is 10.1 Å². The van der Waals surface area contributed by atoms with Crippen molar-refractivity contribution in [3.8, 4) is 11.5 Å². The highest BCUT2D eigenvalue weighted by Crippen LogP contribution is 2.30. The molecule has 6 heteroatoms. The highest BCUT2D eigenvalue weighted by atomic mass is 35.5. The minimum absolute atomic E-state index is 0.0307. The van der Waals surface area contributed by atoms with E-state index < -0.39 is 4.92 Å². The number of nitro benzene ring substituents is 1. The second-order valence-electron chi connectivity index (χ2n) is 5.12. The predicted octanol–water partition coefficient (Wildman–Crippen LogP) is 5.21. The molecule has 0 fully saturated rings. The third-order valence-electron chi connectivity index (χ3n) is 3.62. The summed E-state index contributed by atoms with van der Waals surface area (Å²) in [6.45, 7) is 0. The number of non-ortho nitro benzene ring substituents is 1. The van der Waals surface area contributed by atoms with Crippen molar-refractivity contribution in [3.63, 3.8) is 0 Å². The molecule has 0 atom stereocenters. The molecule has 23 heavy (non-hydrogen) atoms. The van der Waals surface area contributed by atoms with Crippen LogP contribution in [-0.4, -0.2) is 9.91 Å². The number of pyridine rings is 1. The van der Waals surface area contributed by atoms with E-state index in [4.69, 9.17) is 16.0 Å². The maximum absolute atomic E-state index is 10.8. The van der Waals surface area contributed by atoms with E-state index in [1.807, 2.05) is 24.3 Å². The average molecular weight is 325 g/mol. The Balaban J connectivity index is 1.86. The molecule has 2 aromatic heterocycles. The lowest BCUT2D eigenvalue weighted by atomic mass is 10.1. The standard InChI is InChI=1S/C17H9ClN2O3/c18-12-3-1-10-2-5-14(19-15(10)9-12)17-8-11-7-13(20(21)22)4-6-16(11)23-17/h1-9H. The third kappa shape index (κ3) is 2.41. The van der Waals surface area contributed by atoms with Crippen LogP contribution in [0.25, 0.3) is 33.3 Å². The quantitative estimate of drug-likeness (QED) is 0.375. The van der Waals surface area contributed by atoms with Crippen LogP contribution in [-0.2, 0) is 0 Å². The molecule has 0 bridgehead atoms. The number of benzene rings is 2. The van der Waals surface area contributed by atoms with Gasteiger partial charge in [-0.2, -0.15) is 0 Å². The summed E-state index contributed by atoms with van der Waals surface area (Å²) in [6.07, 6.45) is 0. The lowest BCUT2D eigenvalue weighted by Crippen LogP contribution is -1.85. The molecule has 4 rings (SSSR count). The van der Waals surface area contributed by atoms with Gasteiger partial charge in [0.15, 0.2) is 5.76 Å². The van der Waals surface area contributed by atoms with Crippen molar-refractivity contribution in [1.82, 2.24) is 4.98 Å². The summed E-state index contributed by atoms with van der Waals surface area (Å²) in [5, 5.41) is 13.1. The van der Waals surface area contributed by atoms with Crippen LogP contribution in [0.3, 0.4) is 0 Å². The zero-order chi connectivity index (χ0) is 16.0. The van der Waals surface area contributed by atoms with E-state index in [1.165, 1.54) is 12.1 Å². The van der Waals surface area contributed by atoms with E-state index in [0.717, 1.165) is 10.9 Å². The molecule has 0 saturated carbocycles. The Morgan fingerprint density at radius 3 is 2.65 bits per heavy atom. The zero-order valence-electron chi connectivity index (χ0n) is 11.7. The van der Waals surface area contributed by atoms with Gasteiger partial charge in [0, 0.05) is 27.9 Å². The fraction of sp³-hybridized carbons (Fsp3) is 0. The first-order chi connectivity index (χ1) is 11.1. The first-order valence-electron chi connectivity index (χ1n) is 6.85. The summed E-state index contributed by atoms with van der Waals surface area (Å²) >= 11 is 6.00. The SMILES string of the molecule is O=[N+]([O-])c1ccc2oc(-c3ccc4ccc(Cl)cc4n3)cc2c1. The first kappa shape index (κ1) is 13.7. The lowest BCUT2D eigenvalue weighted by Gasteiger charge is -2.00. The lowest BCUT2D eigenvalue weighted by molar-refractivity contribution is -0.384. The fourth-order valence-corrected chi connectivity index (χ4v) is 2.66. The molecule has 0 amide bonds. The van der Waals surface area contributed by atoms with Crippen molar-refractivity contribution in [2.75, 3.05) is 0 Å². The monoisotopic (exact) mass is 324 g/mol. The molecule has 5 nitrogen and oxygen atoms in total. The summed E-state index contributed by atoms with van der Waals surface area (Å²) in [6, 6.07) is 15.5. The van der Waals surface area contributed by atoms with Gasteiger partial charge in [-0.15, -0.1) is 0 Å².